The second-order valence-electron chi connectivity index (χ2n) is 4.37. The molecule has 1 atom stereocenters. The molecule has 108 valence electrons. The second kappa shape index (κ2) is 6.45. The lowest BCUT2D eigenvalue weighted by atomic mass is 9.98. The molecular formula is C15H20N2O3. The Morgan fingerprint density at radius 1 is 1.20 bits per heavy atom. The molecule has 3 N–H and O–H groups in total. The van der Waals surface area contributed by atoms with E-state index in [0.717, 1.165) is 23.3 Å². The number of hydrazine groups is 1. The van der Waals surface area contributed by atoms with Gasteiger partial charge in [0.15, 0.2) is 11.5 Å². The van der Waals surface area contributed by atoms with Gasteiger partial charge in [0.25, 0.3) is 0 Å². The molecule has 2 rings (SSSR count). The van der Waals surface area contributed by atoms with Crippen molar-refractivity contribution in [3.63, 3.8) is 0 Å². The molecule has 0 aliphatic carbocycles. The molecule has 20 heavy (non-hydrogen) atoms. The van der Waals surface area contributed by atoms with Crippen LogP contribution in [-0.2, 0) is 6.42 Å². The molecule has 1 unspecified atom stereocenters. The van der Waals surface area contributed by atoms with Crippen LogP contribution in [0.3, 0.4) is 0 Å². The van der Waals surface area contributed by atoms with E-state index in [1.165, 1.54) is 0 Å². The van der Waals surface area contributed by atoms with E-state index < -0.39 is 0 Å². The molecule has 0 amide bonds. The average Bonchev–Trinajstić information content (AvgIpc) is 2.96. The van der Waals surface area contributed by atoms with Gasteiger partial charge in [-0.15, -0.1) is 0 Å². The number of methoxy groups -OCH3 is 2. The maximum Gasteiger partial charge on any atom is 0.161 e. The Balaban J connectivity index is 2.42. The van der Waals surface area contributed by atoms with Crippen molar-refractivity contribution in [1.82, 2.24) is 5.43 Å². The Morgan fingerprint density at radius 3 is 2.55 bits per heavy atom. The summed E-state index contributed by atoms with van der Waals surface area (Å²) in [6.07, 6.45) is 2.49. The summed E-state index contributed by atoms with van der Waals surface area (Å²) in [7, 11) is 3.23. The average molecular weight is 276 g/mol. The molecule has 1 aromatic carbocycles. The van der Waals surface area contributed by atoms with Gasteiger partial charge in [-0.1, -0.05) is 13.0 Å². The van der Waals surface area contributed by atoms with Gasteiger partial charge in [-0.25, -0.2) is 5.43 Å². The van der Waals surface area contributed by atoms with E-state index in [1.54, 1.807) is 20.5 Å². The topological polar surface area (TPSA) is 69.7 Å². The second-order valence-corrected chi connectivity index (χ2v) is 4.37. The lowest BCUT2D eigenvalue weighted by Gasteiger charge is -2.18. The van der Waals surface area contributed by atoms with Crippen molar-refractivity contribution in [3.05, 3.63) is 47.4 Å². The van der Waals surface area contributed by atoms with Crippen molar-refractivity contribution < 1.29 is 13.9 Å². The van der Waals surface area contributed by atoms with Gasteiger partial charge in [-0.3, -0.25) is 5.84 Å². The van der Waals surface area contributed by atoms with Gasteiger partial charge >= 0.3 is 0 Å². The van der Waals surface area contributed by atoms with Crippen LogP contribution in [0.25, 0.3) is 0 Å². The summed E-state index contributed by atoms with van der Waals surface area (Å²) in [5, 5.41) is 0. The highest BCUT2D eigenvalue weighted by Gasteiger charge is 2.19. The SMILES string of the molecule is CCc1occc1C(NN)c1ccc(OC)c(OC)c1. The standard InChI is InChI=1S/C15H20N2O3/c1-4-12-11(7-8-20-12)15(17-16)10-5-6-13(18-2)14(9-10)19-3/h5-9,15,17H,4,16H2,1-3H3. The molecule has 0 aliphatic rings. The van der Waals surface area contributed by atoms with E-state index in [9.17, 15) is 0 Å². The van der Waals surface area contributed by atoms with E-state index in [4.69, 9.17) is 19.7 Å². The molecule has 0 radical (unpaired) electrons. The third-order valence-electron chi connectivity index (χ3n) is 3.32. The van der Waals surface area contributed by atoms with Crippen molar-refractivity contribution >= 4 is 0 Å². The van der Waals surface area contributed by atoms with Crippen LogP contribution in [0, 0.1) is 0 Å². The highest BCUT2D eigenvalue weighted by molar-refractivity contribution is 5.46. The number of benzene rings is 1. The zero-order chi connectivity index (χ0) is 14.5. The van der Waals surface area contributed by atoms with Gasteiger partial charge in [0, 0.05) is 12.0 Å². The fraction of sp³-hybridized carbons (Fsp3) is 0.333. The van der Waals surface area contributed by atoms with Gasteiger partial charge in [-0.05, 0) is 23.8 Å². The molecule has 0 saturated carbocycles. The quantitative estimate of drug-likeness (QED) is 0.626. The highest BCUT2D eigenvalue weighted by Crippen LogP contribution is 2.33. The molecule has 5 nitrogen and oxygen atoms in total. The van der Waals surface area contributed by atoms with Crippen LogP contribution in [0.5, 0.6) is 11.5 Å². The third-order valence-corrected chi connectivity index (χ3v) is 3.32. The highest BCUT2D eigenvalue weighted by atomic mass is 16.5. The van der Waals surface area contributed by atoms with Gasteiger partial charge in [0.05, 0.1) is 26.5 Å². The molecule has 1 aromatic heterocycles. The summed E-state index contributed by atoms with van der Waals surface area (Å²) >= 11 is 0. The number of nitrogens with one attached hydrogen (secondary N) is 1. The molecule has 1 heterocycles. The molecule has 5 heteroatoms. The molecule has 0 aliphatic heterocycles. The number of aryl methyl sites for hydroxylation is 1. The predicted octanol–water partition coefficient (Wildman–Crippen LogP) is 2.41. The molecule has 0 fully saturated rings. The van der Waals surface area contributed by atoms with Gasteiger partial charge in [0.2, 0.25) is 0 Å². The number of hydrogen-bond acceptors (Lipinski definition) is 5. The van der Waals surface area contributed by atoms with E-state index >= 15 is 0 Å². The van der Waals surface area contributed by atoms with Crippen molar-refractivity contribution in [2.45, 2.75) is 19.4 Å². The largest absolute Gasteiger partial charge is 0.493 e. The Bertz CT molecular complexity index is 566. The summed E-state index contributed by atoms with van der Waals surface area (Å²) in [5.74, 6) is 8.00. The minimum atomic E-state index is -0.150. The van der Waals surface area contributed by atoms with Gasteiger partial charge < -0.3 is 13.9 Å². The molecule has 0 bridgehead atoms. The zero-order valence-corrected chi connectivity index (χ0v) is 12.0. The number of ether oxygens (including phenoxy) is 2. The van der Waals surface area contributed by atoms with Crippen molar-refractivity contribution in [2.75, 3.05) is 14.2 Å². The number of hydrogen-bond donors (Lipinski definition) is 2. The Hall–Kier alpha value is -1.98. The van der Waals surface area contributed by atoms with E-state index in [-0.39, 0.29) is 6.04 Å². The van der Waals surface area contributed by atoms with Crippen molar-refractivity contribution in [2.24, 2.45) is 5.84 Å². The first-order valence-electron chi connectivity index (χ1n) is 6.49. The monoisotopic (exact) mass is 276 g/mol. The number of furan rings is 1. The Labute approximate surface area is 118 Å². The normalized spacial score (nSPS) is 12.2. The van der Waals surface area contributed by atoms with Crippen LogP contribution in [0.2, 0.25) is 0 Å². The van der Waals surface area contributed by atoms with Gasteiger partial charge in [-0.2, -0.15) is 0 Å². The van der Waals surface area contributed by atoms with E-state index in [2.05, 4.69) is 5.43 Å². The summed E-state index contributed by atoms with van der Waals surface area (Å²) in [5.41, 5.74) is 4.84. The molecule has 0 spiro atoms. The fourth-order valence-corrected chi connectivity index (χ4v) is 2.29. The van der Waals surface area contributed by atoms with Gasteiger partial charge in [0.1, 0.15) is 5.76 Å². The first kappa shape index (κ1) is 14.4. The maximum atomic E-state index is 5.72. The summed E-state index contributed by atoms with van der Waals surface area (Å²) in [6, 6.07) is 7.52. The van der Waals surface area contributed by atoms with E-state index in [1.807, 2.05) is 31.2 Å². The summed E-state index contributed by atoms with van der Waals surface area (Å²) in [6.45, 7) is 2.05. The van der Waals surface area contributed by atoms with Crippen LogP contribution in [0.1, 0.15) is 29.9 Å². The van der Waals surface area contributed by atoms with Crippen molar-refractivity contribution in [1.29, 1.82) is 0 Å². The first-order chi connectivity index (χ1) is 9.74. The molecule has 2 aromatic rings. The predicted molar refractivity (Wildman–Crippen MR) is 76.8 cm³/mol. The minimum absolute atomic E-state index is 0.150. The molecular weight excluding hydrogens is 256 g/mol. The van der Waals surface area contributed by atoms with Crippen LogP contribution < -0.4 is 20.7 Å². The van der Waals surface area contributed by atoms with Crippen LogP contribution in [-0.4, -0.2) is 14.2 Å². The molecule has 0 saturated heterocycles. The first-order valence-corrected chi connectivity index (χ1v) is 6.49. The summed E-state index contributed by atoms with van der Waals surface area (Å²) in [4.78, 5) is 0. The van der Waals surface area contributed by atoms with Crippen LogP contribution >= 0.6 is 0 Å². The lowest BCUT2D eigenvalue weighted by Crippen LogP contribution is -2.29. The smallest absolute Gasteiger partial charge is 0.161 e. The minimum Gasteiger partial charge on any atom is -0.493 e. The maximum absolute atomic E-state index is 5.72. The summed E-state index contributed by atoms with van der Waals surface area (Å²) < 4.78 is 16.0. The number of rotatable bonds is 6. The zero-order valence-electron chi connectivity index (χ0n) is 12.0. The van der Waals surface area contributed by atoms with Crippen LogP contribution in [0.15, 0.2) is 34.9 Å². The van der Waals surface area contributed by atoms with Crippen LogP contribution in [0.4, 0.5) is 0 Å². The Morgan fingerprint density at radius 2 is 1.95 bits per heavy atom. The third kappa shape index (κ3) is 2.64. The van der Waals surface area contributed by atoms with E-state index in [0.29, 0.717) is 11.5 Å². The van der Waals surface area contributed by atoms with Crippen molar-refractivity contribution in [3.8, 4) is 11.5 Å². The fourth-order valence-electron chi connectivity index (χ4n) is 2.29. The lowest BCUT2D eigenvalue weighted by molar-refractivity contribution is 0.354. The number of nitrogens with two attached hydrogens (primary N) is 1. The Kier molecular flexibility index (Phi) is 4.65.